The first-order valence-corrected chi connectivity index (χ1v) is 5.97. The SMILES string of the molecule is CC1(C2CCCNC2)OCC(CCN)O1. The van der Waals surface area contributed by atoms with Crippen LogP contribution in [-0.2, 0) is 9.47 Å². The monoisotopic (exact) mass is 214 g/mol. The second-order valence-corrected chi connectivity index (χ2v) is 4.69. The largest absolute Gasteiger partial charge is 0.347 e. The van der Waals surface area contributed by atoms with Crippen molar-refractivity contribution >= 4 is 0 Å². The van der Waals surface area contributed by atoms with Gasteiger partial charge in [-0.15, -0.1) is 0 Å². The minimum Gasteiger partial charge on any atom is -0.347 e. The lowest BCUT2D eigenvalue weighted by Gasteiger charge is -2.35. The normalized spacial score (nSPS) is 42.0. The average molecular weight is 214 g/mol. The van der Waals surface area contributed by atoms with Gasteiger partial charge in [-0.3, -0.25) is 0 Å². The van der Waals surface area contributed by atoms with E-state index in [0.717, 1.165) is 19.5 Å². The van der Waals surface area contributed by atoms with Crippen LogP contribution in [0.5, 0.6) is 0 Å². The third-order valence-electron chi connectivity index (χ3n) is 3.48. The number of hydrogen-bond donors (Lipinski definition) is 2. The fourth-order valence-corrected chi connectivity index (χ4v) is 2.50. The first-order valence-electron chi connectivity index (χ1n) is 5.97. The van der Waals surface area contributed by atoms with E-state index in [-0.39, 0.29) is 11.9 Å². The first-order chi connectivity index (χ1) is 7.24. The van der Waals surface area contributed by atoms with Gasteiger partial charge in [-0.2, -0.15) is 0 Å². The molecule has 0 aromatic rings. The fraction of sp³-hybridized carbons (Fsp3) is 1.00. The van der Waals surface area contributed by atoms with Gasteiger partial charge in [0.15, 0.2) is 5.79 Å². The zero-order chi connectivity index (χ0) is 10.7. The van der Waals surface area contributed by atoms with Crippen molar-refractivity contribution in [1.82, 2.24) is 5.32 Å². The zero-order valence-corrected chi connectivity index (χ0v) is 9.50. The molecule has 0 aromatic heterocycles. The summed E-state index contributed by atoms with van der Waals surface area (Å²) in [6.07, 6.45) is 3.50. The summed E-state index contributed by atoms with van der Waals surface area (Å²) >= 11 is 0. The molecule has 4 nitrogen and oxygen atoms in total. The Balaban J connectivity index is 1.89. The Morgan fingerprint density at radius 1 is 1.53 bits per heavy atom. The van der Waals surface area contributed by atoms with Crippen molar-refractivity contribution in [2.75, 3.05) is 26.2 Å². The second kappa shape index (κ2) is 4.78. The molecule has 0 aromatic carbocycles. The van der Waals surface area contributed by atoms with Crippen molar-refractivity contribution in [3.05, 3.63) is 0 Å². The molecule has 2 heterocycles. The van der Waals surface area contributed by atoms with E-state index in [4.69, 9.17) is 15.2 Å². The molecule has 15 heavy (non-hydrogen) atoms. The van der Waals surface area contributed by atoms with Gasteiger partial charge < -0.3 is 20.5 Å². The van der Waals surface area contributed by atoms with Gasteiger partial charge in [0, 0.05) is 12.5 Å². The topological polar surface area (TPSA) is 56.5 Å². The Kier molecular flexibility index (Phi) is 3.61. The van der Waals surface area contributed by atoms with E-state index in [9.17, 15) is 0 Å². The highest BCUT2D eigenvalue weighted by Gasteiger charge is 2.43. The number of nitrogens with two attached hydrogens (primary N) is 1. The van der Waals surface area contributed by atoms with E-state index in [1.807, 2.05) is 0 Å². The van der Waals surface area contributed by atoms with Crippen molar-refractivity contribution in [2.24, 2.45) is 11.7 Å². The van der Waals surface area contributed by atoms with Crippen LogP contribution >= 0.6 is 0 Å². The van der Waals surface area contributed by atoms with Crippen LogP contribution < -0.4 is 11.1 Å². The molecule has 2 saturated heterocycles. The van der Waals surface area contributed by atoms with Crippen LogP contribution in [0.25, 0.3) is 0 Å². The van der Waals surface area contributed by atoms with Gasteiger partial charge in [-0.25, -0.2) is 0 Å². The predicted octanol–water partition coefficient (Wildman–Crippen LogP) is 0.466. The summed E-state index contributed by atoms with van der Waals surface area (Å²) in [7, 11) is 0. The molecule has 2 rings (SSSR count). The molecule has 88 valence electrons. The Bertz CT molecular complexity index is 207. The van der Waals surface area contributed by atoms with E-state index in [2.05, 4.69) is 12.2 Å². The minimum absolute atomic E-state index is 0.196. The molecule has 0 amide bonds. The van der Waals surface area contributed by atoms with Crippen LogP contribution in [0.2, 0.25) is 0 Å². The summed E-state index contributed by atoms with van der Waals surface area (Å²) < 4.78 is 11.8. The Labute approximate surface area is 91.5 Å². The van der Waals surface area contributed by atoms with E-state index in [1.54, 1.807) is 0 Å². The molecule has 3 unspecified atom stereocenters. The van der Waals surface area contributed by atoms with Crippen molar-refractivity contribution in [3.8, 4) is 0 Å². The van der Waals surface area contributed by atoms with Crippen LogP contribution in [0, 0.1) is 5.92 Å². The number of rotatable bonds is 3. The average Bonchev–Trinajstić information content (AvgIpc) is 2.64. The number of piperidine rings is 1. The minimum atomic E-state index is -0.382. The van der Waals surface area contributed by atoms with Crippen molar-refractivity contribution in [2.45, 2.75) is 38.1 Å². The molecule has 0 bridgehead atoms. The molecular weight excluding hydrogens is 192 g/mol. The molecule has 0 radical (unpaired) electrons. The molecule has 0 saturated carbocycles. The number of hydrogen-bond acceptors (Lipinski definition) is 4. The smallest absolute Gasteiger partial charge is 0.170 e. The number of nitrogens with one attached hydrogen (secondary N) is 1. The van der Waals surface area contributed by atoms with Gasteiger partial charge >= 0.3 is 0 Å². The molecule has 2 aliphatic heterocycles. The van der Waals surface area contributed by atoms with Crippen LogP contribution in [0.4, 0.5) is 0 Å². The zero-order valence-electron chi connectivity index (χ0n) is 9.50. The fourth-order valence-electron chi connectivity index (χ4n) is 2.50. The molecule has 2 fully saturated rings. The molecule has 0 aliphatic carbocycles. The van der Waals surface area contributed by atoms with Gasteiger partial charge in [0.05, 0.1) is 12.7 Å². The first kappa shape index (κ1) is 11.3. The standard InChI is InChI=1S/C11H22N2O2/c1-11(9-3-2-6-13-7-9)14-8-10(15-11)4-5-12/h9-10,13H,2-8,12H2,1H3. The maximum atomic E-state index is 5.99. The van der Waals surface area contributed by atoms with Crippen molar-refractivity contribution < 1.29 is 9.47 Å². The lowest BCUT2D eigenvalue weighted by molar-refractivity contribution is -0.194. The number of ether oxygens (including phenoxy) is 2. The van der Waals surface area contributed by atoms with Crippen molar-refractivity contribution in [3.63, 3.8) is 0 Å². The van der Waals surface area contributed by atoms with Gasteiger partial charge in [-0.1, -0.05) is 0 Å². The van der Waals surface area contributed by atoms with E-state index >= 15 is 0 Å². The predicted molar refractivity (Wildman–Crippen MR) is 58.5 cm³/mol. The van der Waals surface area contributed by atoms with E-state index in [0.29, 0.717) is 19.1 Å². The molecule has 3 N–H and O–H groups in total. The highest BCUT2D eigenvalue weighted by molar-refractivity contribution is 4.85. The Hall–Kier alpha value is -0.160. The van der Waals surface area contributed by atoms with Crippen LogP contribution in [0.3, 0.4) is 0 Å². The lowest BCUT2D eigenvalue weighted by atomic mass is 9.92. The second-order valence-electron chi connectivity index (χ2n) is 4.69. The summed E-state index contributed by atoms with van der Waals surface area (Å²) in [5.41, 5.74) is 5.53. The molecule has 3 atom stereocenters. The maximum absolute atomic E-state index is 5.99. The molecule has 4 heteroatoms. The maximum Gasteiger partial charge on any atom is 0.170 e. The van der Waals surface area contributed by atoms with Gasteiger partial charge in [0.1, 0.15) is 0 Å². The van der Waals surface area contributed by atoms with Crippen LogP contribution in [0.15, 0.2) is 0 Å². The lowest BCUT2D eigenvalue weighted by Crippen LogP contribution is -2.45. The van der Waals surface area contributed by atoms with Crippen molar-refractivity contribution in [1.29, 1.82) is 0 Å². The summed E-state index contributed by atoms with van der Waals surface area (Å²) in [5, 5.41) is 3.40. The highest BCUT2D eigenvalue weighted by Crippen LogP contribution is 2.35. The third-order valence-corrected chi connectivity index (χ3v) is 3.48. The van der Waals surface area contributed by atoms with E-state index < -0.39 is 0 Å². The van der Waals surface area contributed by atoms with Gasteiger partial charge in [0.2, 0.25) is 0 Å². The summed E-state index contributed by atoms with van der Waals surface area (Å²) in [4.78, 5) is 0. The highest BCUT2D eigenvalue weighted by atomic mass is 16.7. The van der Waals surface area contributed by atoms with Crippen LogP contribution in [-0.4, -0.2) is 38.1 Å². The van der Waals surface area contributed by atoms with Gasteiger partial charge in [0.25, 0.3) is 0 Å². The molecule has 0 spiro atoms. The quantitative estimate of drug-likeness (QED) is 0.717. The Morgan fingerprint density at radius 2 is 2.40 bits per heavy atom. The van der Waals surface area contributed by atoms with Crippen LogP contribution in [0.1, 0.15) is 26.2 Å². The summed E-state index contributed by atoms with van der Waals surface area (Å²) in [6.45, 7) is 5.57. The Morgan fingerprint density at radius 3 is 3.07 bits per heavy atom. The van der Waals surface area contributed by atoms with Gasteiger partial charge in [-0.05, 0) is 39.3 Å². The molecule has 2 aliphatic rings. The summed E-state index contributed by atoms with van der Waals surface area (Å²) in [5.74, 6) is 0.0989. The van der Waals surface area contributed by atoms with E-state index in [1.165, 1.54) is 12.8 Å². The molecular formula is C11H22N2O2. The summed E-state index contributed by atoms with van der Waals surface area (Å²) in [6, 6.07) is 0. The third kappa shape index (κ3) is 2.50.